The number of halogens is 10. The highest BCUT2D eigenvalue weighted by molar-refractivity contribution is 8.00. The molecular weight excluding hydrogens is 426 g/mol. The minimum Gasteiger partial charge on any atom is -0.462 e. The molecule has 0 aliphatic rings. The Morgan fingerprint density at radius 3 is 1.89 bits per heavy atom. The van der Waals surface area contributed by atoms with Gasteiger partial charge in [0.2, 0.25) is 0 Å². The van der Waals surface area contributed by atoms with Gasteiger partial charge in [-0.1, -0.05) is 38.6 Å². The summed E-state index contributed by atoms with van der Waals surface area (Å²) in [5, 5.41) is -4.92. The van der Waals surface area contributed by atoms with Crippen LogP contribution >= 0.6 is 11.8 Å². The number of hydrogen-bond acceptors (Lipinski definition) is 4. The lowest BCUT2D eigenvalue weighted by Gasteiger charge is -2.30. The van der Waals surface area contributed by atoms with Crippen LogP contribution in [-0.2, 0) is 14.3 Å². The third kappa shape index (κ3) is 9.04. The minimum atomic E-state index is -6.90. The monoisotopic (exact) mass is 442 g/mol. The molecule has 14 heteroatoms. The summed E-state index contributed by atoms with van der Waals surface area (Å²) in [5.74, 6) is -8.86. The zero-order chi connectivity index (χ0) is 22.1. The standard InChI is InChI=1S/C10H8F10O3S.C3H8/c1-2-5(21)22-3-4-24-7(12,13)6(11)23-10(19,20)8(14,15)9(16,17)18;1-3-2/h2,6H,1,3-4H2;3H2,1-2H3. The summed E-state index contributed by atoms with van der Waals surface area (Å²) in [6, 6.07) is 0. The van der Waals surface area contributed by atoms with E-state index < -0.39 is 59.9 Å². The van der Waals surface area contributed by atoms with Crippen LogP contribution in [0.3, 0.4) is 0 Å². The molecule has 0 aliphatic heterocycles. The van der Waals surface area contributed by atoms with Gasteiger partial charge in [0.1, 0.15) is 6.61 Å². The summed E-state index contributed by atoms with van der Waals surface area (Å²) >= 11 is -0.806. The maximum atomic E-state index is 13.1. The number of carbonyl (C=O) groups is 1. The lowest BCUT2D eigenvalue weighted by atomic mass is 10.3. The van der Waals surface area contributed by atoms with E-state index in [-0.39, 0.29) is 0 Å². The van der Waals surface area contributed by atoms with Crippen molar-refractivity contribution in [3.8, 4) is 0 Å². The fourth-order valence-corrected chi connectivity index (χ4v) is 1.50. The second-order valence-electron chi connectivity index (χ2n) is 4.51. The van der Waals surface area contributed by atoms with Gasteiger partial charge in [-0.05, 0) is 0 Å². The lowest BCUT2D eigenvalue weighted by Crippen LogP contribution is -2.55. The lowest BCUT2D eigenvalue weighted by molar-refractivity contribution is -0.446. The van der Waals surface area contributed by atoms with Crippen molar-refractivity contribution in [1.29, 1.82) is 0 Å². The van der Waals surface area contributed by atoms with Crippen LogP contribution in [-0.4, -0.2) is 48.1 Å². The first-order valence-corrected chi connectivity index (χ1v) is 7.93. The maximum absolute atomic E-state index is 13.1. The number of thioether (sulfide) groups is 1. The van der Waals surface area contributed by atoms with Crippen molar-refractivity contribution < 1.29 is 58.2 Å². The topological polar surface area (TPSA) is 35.5 Å². The first kappa shape index (κ1) is 28.0. The Labute approximate surface area is 152 Å². The Morgan fingerprint density at radius 2 is 1.52 bits per heavy atom. The summed E-state index contributed by atoms with van der Waals surface area (Å²) in [7, 11) is 0. The Bertz CT molecular complexity index is 468. The fraction of sp³-hybridized carbons (Fsp3) is 0.769. The van der Waals surface area contributed by atoms with Gasteiger partial charge in [0.25, 0.3) is 6.36 Å². The summed E-state index contributed by atoms with van der Waals surface area (Å²) in [4.78, 5) is 10.5. The van der Waals surface area contributed by atoms with Crippen LogP contribution in [0.5, 0.6) is 0 Å². The van der Waals surface area contributed by atoms with E-state index in [4.69, 9.17) is 0 Å². The molecule has 0 N–H and O–H groups in total. The molecule has 0 aromatic heterocycles. The van der Waals surface area contributed by atoms with Crippen molar-refractivity contribution in [2.45, 2.75) is 50.1 Å². The van der Waals surface area contributed by atoms with Crippen LogP contribution in [0.1, 0.15) is 20.3 Å². The van der Waals surface area contributed by atoms with Gasteiger partial charge in [-0.25, -0.2) is 9.18 Å². The van der Waals surface area contributed by atoms with Gasteiger partial charge in [-0.2, -0.15) is 39.5 Å². The molecule has 1 unspecified atom stereocenters. The van der Waals surface area contributed by atoms with Crippen molar-refractivity contribution in [2.75, 3.05) is 12.4 Å². The van der Waals surface area contributed by atoms with Gasteiger partial charge in [0.05, 0.1) is 0 Å². The molecule has 0 amide bonds. The molecule has 0 spiro atoms. The second-order valence-corrected chi connectivity index (χ2v) is 5.75. The number of ether oxygens (including phenoxy) is 2. The Kier molecular flexibility index (Phi) is 11.4. The average molecular weight is 442 g/mol. The van der Waals surface area contributed by atoms with Gasteiger partial charge >= 0.3 is 29.4 Å². The van der Waals surface area contributed by atoms with Gasteiger partial charge in [-0.3, -0.25) is 4.74 Å². The van der Waals surface area contributed by atoms with Crippen LogP contribution < -0.4 is 0 Å². The van der Waals surface area contributed by atoms with Crippen molar-refractivity contribution in [3.05, 3.63) is 12.7 Å². The molecular formula is C13H16F10O3S. The Morgan fingerprint density at radius 1 is 1.07 bits per heavy atom. The smallest absolute Gasteiger partial charge is 0.462 e. The maximum Gasteiger partial charge on any atom is 0.462 e. The van der Waals surface area contributed by atoms with Gasteiger partial charge in [0.15, 0.2) is 0 Å². The van der Waals surface area contributed by atoms with Crippen molar-refractivity contribution >= 4 is 17.7 Å². The van der Waals surface area contributed by atoms with E-state index in [0.717, 1.165) is 0 Å². The largest absolute Gasteiger partial charge is 0.462 e. The number of alkyl halides is 10. The van der Waals surface area contributed by atoms with Gasteiger partial charge in [0, 0.05) is 11.8 Å². The van der Waals surface area contributed by atoms with Crippen LogP contribution in [0.25, 0.3) is 0 Å². The van der Waals surface area contributed by atoms with E-state index in [2.05, 4.69) is 29.9 Å². The third-order valence-corrected chi connectivity index (χ3v) is 2.97. The molecule has 0 bridgehead atoms. The summed E-state index contributed by atoms with van der Waals surface area (Å²) in [6.45, 7) is 6.42. The van der Waals surface area contributed by atoms with Crippen LogP contribution in [0.2, 0.25) is 0 Å². The molecule has 1 atom stereocenters. The molecule has 0 fully saturated rings. The first-order valence-electron chi connectivity index (χ1n) is 6.95. The molecule has 162 valence electrons. The highest BCUT2D eigenvalue weighted by Crippen LogP contribution is 2.49. The predicted molar refractivity (Wildman–Crippen MR) is 76.5 cm³/mol. The number of esters is 1. The highest BCUT2D eigenvalue weighted by Gasteiger charge is 2.75. The zero-order valence-electron chi connectivity index (χ0n) is 13.9. The first-order chi connectivity index (χ1) is 12.0. The molecule has 3 nitrogen and oxygen atoms in total. The van der Waals surface area contributed by atoms with E-state index >= 15 is 0 Å². The van der Waals surface area contributed by atoms with Crippen molar-refractivity contribution in [1.82, 2.24) is 0 Å². The molecule has 27 heavy (non-hydrogen) atoms. The van der Waals surface area contributed by atoms with Crippen LogP contribution in [0, 0.1) is 0 Å². The van der Waals surface area contributed by atoms with Crippen LogP contribution in [0.15, 0.2) is 12.7 Å². The molecule has 0 aliphatic carbocycles. The van der Waals surface area contributed by atoms with Crippen molar-refractivity contribution in [2.24, 2.45) is 0 Å². The summed E-state index contributed by atoms with van der Waals surface area (Å²) in [6.07, 6.45) is -16.0. The molecule has 0 saturated heterocycles. The molecule has 0 heterocycles. The van der Waals surface area contributed by atoms with Gasteiger partial charge in [-0.15, -0.1) is 0 Å². The number of carbonyl (C=O) groups excluding carboxylic acids is 1. The third-order valence-electron chi connectivity index (χ3n) is 2.03. The van der Waals surface area contributed by atoms with E-state index in [0.29, 0.717) is 6.08 Å². The Balaban J connectivity index is 0. The highest BCUT2D eigenvalue weighted by atomic mass is 32.2. The molecule has 0 aromatic carbocycles. The number of hydrogen-bond donors (Lipinski definition) is 0. The fourth-order valence-electron chi connectivity index (χ4n) is 0.882. The second kappa shape index (κ2) is 11.0. The van der Waals surface area contributed by atoms with E-state index in [1.807, 2.05) is 0 Å². The van der Waals surface area contributed by atoms with E-state index in [1.165, 1.54) is 6.42 Å². The molecule has 0 rings (SSSR count). The normalized spacial score (nSPS) is 14.1. The SMILES string of the molecule is C=CC(=O)OCCSC(F)(F)C(F)OC(F)(F)C(F)(F)C(F)(F)F.CCC. The molecule has 0 radical (unpaired) electrons. The predicted octanol–water partition coefficient (Wildman–Crippen LogP) is 5.56. The quantitative estimate of drug-likeness (QED) is 0.203. The Hall–Kier alpha value is -1.18. The zero-order valence-corrected chi connectivity index (χ0v) is 14.7. The van der Waals surface area contributed by atoms with Gasteiger partial charge < -0.3 is 4.74 Å². The van der Waals surface area contributed by atoms with Crippen LogP contribution in [0.4, 0.5) is 43.9 Å². The van der Waals surface area contributed by atoms with E-state index in [9.17, 15) is 48.7 Å². The van der Waals surface area contributed by atoms with E-state index in [1.54, 1.807) is 0 Å². The average Bonchev–Trinajstić information content (AvgIpc) is 2.50. The number of rotatable bonds is 9. The minimum absolute atomic E-state index is 0.643. The molecule has 0 saturated carbocycles. The van der Waals surface area contributed by atoms with Crippen molar-refractivity contribution in [3.63, 3.8) is 0 Å². The summed E-state index contributed by atoms with van der Waals surface area (Å²) in [5.41, 5.74) is 0. The summed E-state index contributed by atoms with van der Waals surface area (Å²) < 4.78 is 131. The molecule has 0 aromatic rings.